The van der Waals surface area contributed by atoms with Crippen molar-refractivity contribution in [2.75, 3.05) is 38.5 Å². The van der Waals surface area contributed by atoms with Crippen LogP contribution in [-0.4, -0.2) is 66.5 Å². The van der Waals surface area contributed by atoms with E-state index in [0.29, 0.717) is 5.69 Å². The van der Waals surface area contributed by atoms with Crippen LogP contribution in [0.5, 0.6) is 0 Å². The molecule has 0 spiro atoms. The Labute approximate surface area is 160 Å². The van der Waals surface area contributed by atoms with Gasteiger partial charge in [0.25, 0.3) is 0 Å². The molecule has 0 aliphatic rings. The Kier molecular flexibility index (Phi) is 7.52. The van der Waals surface area contributed by atoms with Gasteiger partial charge < -0.3 is 10.2 Å². The fourth-order valence-electron chi connectivity index (χ4n) is 2.59. The molecule has 0 bridgehead atoms. The van der Waals surface area contributed by atoms with Crippen molar-refractivity contribution in [2.24, 2.45) is 0 Å². The summed E-state index contributed by atoms with van der Waals surface area (Å²) in [6.45, 7) is 7.49. The Morgan fingerprint density at radius 3 is 2.48 bits per heavy atom. The van der Waals surface area contributed by atoms with Crippen molar-refractivity contribution in [3.05, 3.63) is 42.7 Å². The smallest absolute Gasteiger partial charge is 0.243 e. The Morgan fingerprint density at radius 2 is 1.85 bits per heavy atom. The maximum atomic E-state index is 12.5. The van der Waals surface area contributed by atoms with Gasteiger partial charge >= 0.3 is 0 Å². The van der Waals surface area contributed by atoms with E-state index < -0.39 is 15.9 Å². The normalized spacial score (nSPS) is 11.9. The predicted octanol–water partition coefficient (Wildman–Crippen LogP) is 1.48. The first-order valence-corrected chi connectivity index (χ1v) is 10.4. The molecule has 1 amide bonds. The average molecular weight is 394 g/mol. The van der Waals surface area contributed by atoms with Gasteiger partial charge in [0.15, 0.2) is 0 Å². The van der Waals surface area contributed by atoms with Crippen LogP contribution in [0.3, 0.4) is 0 Å². The zero-order valence-electron chi connectivity index (χ0n) is 16.0. The number of hydrogen-bond donors (Lipinski definition) is 1. The van der Waals surface area contributed by atoms with Gasteiger partial charge in [-0.3, -0.25) is 9.48 Å². The molecule has 2 rings (SSSR count). The van der Waals surface area contributed by atoms with E-state index in [9.17, 15) is 13.2 Å². The van der Waals surface area contributed by atoms with Gasteiger partial charge in [0.05, 0.1) is 29.9 Å². The van der Waals surface area contributed by atoms with Crippen molar-refractivity contribution in [3.8, 4) is 0 Å². The topological polar surface area (TPSA) is 87.5 Å². The first-order chi connectivity index (χ1) is 12.9. The van der Waals surface area contributed by atoms with E-state index in [2.05, 4.69) is 29.2 Å². The lowest BCUT2D eigenvalue weighted by molar-refractivity contribution is -0.116. The Bertz CT molecular complexity index is 832. The molecule has 9 heteroatoms. The lowest BCUT2D eigenvalue weighted by Crippen LogP contribution is -2.34. The summed E-state index contributed by atoms with van der Waals surface area (Å²) in [5, 5.41) is 6.92. The molecule has 0 aliphatic heterocycles. The highest BCUT2D eigenvalue weighted by atomic mass is 32.2. The van der Waals surface area contributed by atoms with Crippen molar-refractivity contribution in [1.29, 1.82) is 0 Å². The molecule has 0 saturated carbocycles. The Hall–Kier alpha value is -2.23. The number of benzene rings is 1. The number of hydrogen-bond acceptors (Lipinski definition) is 5. The lowest BCUT2D eigenvalue weighted by atomic mass is 10.4. The van der Waals surface area contributed by atoms with E-state index in [1.54, 1.807) is 35.3 Å². The van der Waals surface area contributed by atoms with Crippen molar-refractivity contribution in [1.82, 2.24) is 19.0 Å². The zero-order valence-corrected chi connectivity index (χ0v) is 16.8. The van der Waals surface area contributed by atoms with Crippen LogP contribution < -0.4 is 5.32 Å². The van der Waals surface area contributed by atoms with Gasteiger partial charge in [-0.05, 0) is 25.2 Å². The fourth-order valence-corrected chi connectivity index (χ4v) is 3.74. The molecule has 0 saturated heterocycles. The fraction of sp³-hybridized carbons (Fsp3) is 0.444. The third-order valence-electron chi connectivity index (χ3n) is 4.27. The van der Waals surface area contributed by atoms with E-state index in [-0.39, 0.29) is 11.4 Å². The molecule has 0 unspecified atom stereocenters. The van der Waals surface area contributed by atoms with Crippen LogP contribution in [0, 0.1) is 0 Å². The molecule has 0 radical (unpaired) electrons. The summed E-state index contributed by atoms with van der Waals surface area (Å²) >= 11 is 0. The highest BCUT2D eigenvalue weighted by molar-refractivity contribution is 7.89. The number of carbonyl (C=O) groups excluding carboxylic acids is 1. The number of amides is 1. The van der Waals surface area contributed by atoms with Gasteiger partial charge in [-0.25, -0.2) is 8.42 Å². The van der Waals surface area contributed by atoms with E-state index in [0.717, 1.165) is 30.5 Å². The van der Waals surface area contributed by atoms with Crippen LogP contribution in [0.1, 0.15) is 13.8 Å². The van der Waals surface area contributed by atoms with Gasteiger partial charge in [0.1, 0.15) is 0 Å². The van der Waals surface area contributed by atoms with Crippen molar-refractivity contribution >= 4 is 21.6 Å². The summed E-state index contributed by atoms with van der Waals surface area (Å²) < 4.78 is 27.7. The summed E-state index contributed by atoms with van der Waals surface area (Å²) in [6.07, 6.45) is 3.30. The van der Waals surface area contributed by atoms with Gasteiger partial charge in [0, 0.05) is 19.8 Å². The highest BCUT2D eigenvalue weighted by Gasteiger charge is 2.22. The van der Waals surface area contributed by atoms with Crippen LogP contribution in [-0.2, 0) is 21.4 Å². The maximum Gasteiger partial charge on any atom is 0.243 e. The molecule has 8 nitrogen and oxygen atoms in total. The monoisotopic (exact) mass is 393 g/mol. The van der Waals surface area contributed by atoms with Crippen LogP contribution in [0.15, 0.2) is 47.6 Å². The third-order valence-corrected chi connectivity index (χ3v) is 6.09. The molecular weight excluding hydrogens is 366 g/mol. The number of nitrogens with one attached hydrogen (secondary N) is 1. The number of sulfonamides is 1. The minimum atomic E-state index is -3.70. The average Bonchev–Trinajstić information content (AvgIpc) is 3.10. The van der Waals surface area contributed by atoms with Gasteiger partial charge in [-0.1, -0.05) is 32.0 Å². The zero-order chi connectivity index (χ0) is 19.9. The van der Waals surface area contributed by atoms with Crippen LogP contribution in [0.25, 0.3) is 0 Å². The molecule has 0 atom stereocenters. The number of carbonyl (C=O) groups is 1. The van der Waals surface area contributed by atoms with E-state index in [1.807, 2.05) is 0 Å². The minimum absolute atomic E-state index is 0.157. The van der Waals surface area contributed by atoms with Crippen LogP contribution >= 0.6 is 0 Å². The third kappa shape index (κ3) is 5.88. The van der Waals surface area contributed by atoms with Crippen LogP contribution in [0.4, 0.5) is 5.69 Å². The number of aromatic nitrogens is 2. The standard InChI is InChI=1S/C18H27N5O3S/c1-4-22(5-2)11-12-23-14-16(13-19-23)20-18(24)15-21(3)27(25,26)17-9-7-6-8-10-17/h6-10,13-14H,4-5,11-12,15H2,1-3H3,(H,20,24). The number of likely N-dealkylation sites (N-methyl/N-ethyl adjacent to an activating group) is 2. The van der Waals surface area contributed by atoms with Crippen molar-refractivity contribution < 1.29 is 13.2 Å². The molecule has 148 valence electrons. The molecule has 0 aliphatic carbocycles. The Balaban J connectivity index is 1.90. The summed E-state index contributed by atoms with van der Waals surface area (Å²) in [7, 11) is -2.31. The second-order valence-electron chi connectivity index (χ2n) is 6.14. The molecule has 0 fully saturated rings. The van der Waals surface area contributed by atoms with Crippen molar-refractivity contribution in [2.45, 2.75) is 25.3 Å². The maximum absolute atomic E-state index is 12.5. The summed E-state index contributed by atoms with van der Waals surface area (Å²) in [5.74, 6) is -0.416. The van der Waals surface area contributed by atoms with E-state index >= 15 is 0 Å². The minimum Gasteiger partial charge on any atom is -0.322 e. The summed E-state index contributed by atoms with van der Waals surface area (Å²) in [5.41, 5.74) is 0.546. The van der Waals surface area contributed by atoms with Crippen molar-refractivity contribution in [3.63, 3.8) is 0 Å². The molecule has 27 heavy (non-hydrogen) atoms. The van der Waals surface area contributed by atoms with Gasteiger partial charge in [0.2, 0.25) is 15.9 Å². The number of rotatable bonds is 10. The second-order valence-corrected chi connectivity index (χ2v) is 8.19. The van der Waals surface area contributed by atoms with Gasteiger partial charge in [-0.2, -0.15) is 9.40 Å². The number of nitrogens with zero attached hydrogens (tertiary/aromatic N) is 4. The van der Waals surface area contributed by atoms with Crippen LogP contribution in [0.2, 0.25) is 0 Å². The largest absolute Gasteiger partial charge is 0.322 e. The highest BCUT2D eigenvalue weighted by Crippen LogP contribution is 2.13. The predicted molar refractivity (Wildman–Crippen MR) is 105 cm³/mol. The SMILES string of the molecule is CCN(CC)CCn1cc(NC(=O)CN(C)S(=O)(=O)c2ccccc2)cn1. The molecule has 2 aromatic rings. The van der Waals surface area contributed by atoms with Gasteiger partial charge in [-0.15, -0.1) is 0 Å². The lowest BCUT2D eigenvalue weighted by Gasteiger charge is -2.17. The molecule has 1 aromatic carbocycles. The summed E-state index contributed by atoms with van der Waals surface area (Å²) in [6, 6.07) is 8.04. The second kappa shape index (κ2) is 9.63. The molecule has 1 aromatic heterocycles. The molecular formula is C18H27N5O3S. The summed E-state index contributed by atoms with van der Waals surface area (Å²) in [4.78, 5) is 14.6. The molecule has 1 heterocycles. The Morgan fingerprint density at radius 1 is 1.19 bits per heavy atom. The first-order valence-electron chi connectivity index (χ1n) is 8.92. The van der Waals surface area contributed by atoms with E-state index in [1.165, 1.54) is 19.2 Å². The molecule has 1 N–H and O–H groups in total. The number of anilines is 1. The van der Waals surface area contributed by atoms with E-state index in [4.69, 9.17) is 0 Å². The first kappa shape index (κ1) is 21.1. The quantitative estimate of drug-likeness (QED) is 0.661.